The van der Waals surface area contributed by atoms with Gasteiger partial charge in [-0.3, -0.25) is 51.4 Å². The van der Waals surface area contributed by atoms with Gasteiger partial charge in [0.05, 0.1) is 46.1 Å². The monoisotopic (exact) mass is 1160 g/mol. The van der Waals surface area contributed by atoms with Crippen LogP contribution >= 0.6 is 31.3 Å². The number of ether oxygens (including phenoxy) is 4. The molecule has 6 unspecified atom stereocenters. The number of aliphatic hydroxyl groups is 4. The van der Waals surface area contributed by atoms with Gasteiger partial charge < -0.3 is 76.1 Å². The number of rotatable bonds is 24. The number of H-pyrrole nitrogens is 2. The molecule has 8 heterocycles. The van der Waals surface area contributed by atoms with Gasteiger partial charge in [-0.05, 0) is 6.92 Å². The summed E-state index contributed by atoms with van der Waals surface area (Å²) >= 11 is 0. The number of nitrogens with two attached hydrogens (primary N) is 3. The molecule has 2 aliphatic rings. The highest BCUT2D eigenvalue weighted by atomic mass is 31.3. The first-order chi connectivity index (χ1) is 35.7. The van der Waals surface area contributed by atoms with Gasteiger partial charge in [-0.2, -0.15) is 13.6 Å². The topological polar surface area (TPSA) is 562 Å². The number of imidazole rings is 3. The summed E-state index contributed by atoms with van der Waals surface area (Å²) in [7, 11) is -22.0. The van der Waals surface area contributed by atoms with Crippen molar-refractivity contribution in [2.75, 3.05) is 56.8 Å². The van der Waals surface area contributed by atoms with E-state index in [-0.39, 0.29) is 57.8 Å². The molecule has 2 saturated heterocycles. The molecule has 2 aliphatic heterocycles. The van der Waals surface area contributed by atoms with E-state index in [4.69, 9.17) is 49.7 Å². The lowest BCUT2D eigenvalue weighted by molar-refractivity contribution is -0.746. The molecule has 39 nitrogen and oxygen atoms in total. The molecule has 0 amide bonds. The minimum atomic E-state index is -6.20. The van der Waals surface area contributed by atoms with Crippen LogP contribution in [0.15, 0.2) is 34.9 Å². The van der Waals surface area contributed by atoms with E-state index < -0.39 is 137 Å². The molecule has 0 bridgehead atoms. The molecule has 14 atom stereocenters. The lowest BCUT2D eigenvalue weighted by atomic mass is 10.1. The average Bonchev–Trinajstić information content (AvgIpc) is 4.15. The second kappa shape index (κ2) is 22.3. The molecular weight excluding hydrogens is 1110 g/mol. The van der Waals surface area contributed by atoms with Gasteiger partial charge in [-0.1, -0.05) is 4.98 Å². The second-order valence-electron chi connectivity index (χ2n) is 16.2. The Labute approximate surface area is 422 Å². The highest BCUT2D eigenvalue weighted by molar-refractivity contribution is 7.66. The number of aryl methyl sites for hydroxylation is 1. The Hall–Kier alpha value is -5.15. The highest BCUT2D eigenvalue weighted by Crippen LogP contribution is 2.68. The van der Waals surface area contributed by atoms with Crippen LogP contribution < -0.4 is 32.9 Å². The number of nitrogens with one attached hydrogen (secondary N) is 2. The van der Waals surface area contributed by atoms with Crippen molar-refractivity contribution >= 4 is 82.5 Å². The number of aromatic nitrogens is 12. The largest absolute Gasteiger partial charge is 0.490 e. The van der Waals surface area contributed by atoms with Crippen molar-refractivity contribution in [2.24, 2.45) is 7.05 Å². The summed E-state index contributed by atoms with van der Waals surface area (Å²) in [4.78, 5) is 95.8. The van der Waals surface area contributed by atoms with Gasteiger partial charge in [0, 0.05) is 6.61 Å². The molecule has 0 aromatic carbocycles. The first-order valence-corrected chi connectivity index (χ1v) is 27.7. The van der Waals surface area contributed by atoms with Gasteiger partial charge in [0.15, 0.2) is 41.4 Å². The van der Waals surface area contributed by atoms with E-state index in [0.717, 1.165) is 28.1 Å². The van der Waals surface area contributed by atoms with Crippen LogP contribution in [0.1, 0.15) is 25.6 Å². The van der Waals surface area contributed by atoms with Gasteiger partial charge >= 0.3 is 36.9 Å². The van der Waals surface area contributed by atoms with Gasteiger partial charge in [-0.25, -0.2) is 42.8 Å². The summed E-state index contributed by atoms with van der Waals surface area (Å²) in [6.07, 6.45) is -12.0. The van der Waals surface area contributed by atoms with E-state index in [2.05, 4.69) is 53.0 Å². The van der Waals surface area contributed by atoms with E-state index in [1.807, 2.05) is 0 Å². The van der Waals surface area contributed by atoms with Gasteiger partial charge in [0.25, 0.3) is 17.1 Å². The van der Waals surface area contributed by atoms with Crippen LogP contribution in [0.25, 0.3) is 33.5 Å². The Balaban J connectivity index is 0.943. The lowest BCUT2D eigenvalue weighted by Crippen LogP contribution is -2.46. The van der Waals surface area contributed by atoms with Crippen LogP contribution in [-0.4, -0.2) is 176 Å². The molecule has 0 saturated carbocycles. The average molecular weight is 1160 g/mol. The van der Waals surface area contributed by atoms with Crippen molar-refractivity contribution in [2.45, 2.75) is 68.3 Å². The van der Waals surface area contributed by atoms with Crippen molar-refractivity contribution in [1.82, 2.24) is 53.6 Å². The molecule has 418 valence electrons. The van der Waals surface area contributed by atoms with Crippen molar-refractivity contribution in [3.05, 3.63) is 46.0 Å². The number of hydrogen-bond acceptors (Lipinski definition) is 29. The summed E-state index contributed by atoms with van der Waals surface area (Å²) in [5.41, 5.74) is 15.5. The summed E-state index contributed by atoms with van der Waals surface area (Å²) in [6.45, 7) is -3.89. The summed E-state index contributed by atoms with van der Waals surface area (Å²) < 4.78 is 109. The maximum atomic E-state index is 13.8. The second-order valence-corrected chi connectivity index (χ2v) is 22.3. The molecule has 6 aromatic heterocycles. The first-order valence-electron chi connectivity index (χ1n) is 21.7. The highest BCUT2D eigenvalue weighted by Gasteiger charge is 2.53. The Morgan fingerprint density at radius 3 is 2.05 bits per heavy atom. The van der Waals surface area contributed by atoms with E-state index in [1.165, 1.54) is 29.4 Å². The fourth-order valence-corrected chi connectivity index (χ4v) is 12.4. The molecule has 8 rings (SSSR count). The van der Waals surface area contributed by atoms with Crippen molar-refractivity contribution in [1.29, 1.82) is 0 Å². The van der Waals surface area contributed by atoms with Gasteiger partial charge in [-0.15, -0.1) is 0 Å². The Bertz CT molecular complexity index is 3410. The third-order valence-electron chi connectivity index (χ3n) is 11.1. The molecule has 0 spiro atoms. The van der Waals surface area contributed by atoms with Crippen molar-refractivity contribution in [3.8, 4) is 0 Å². The third kappa shape index (κ3) is 12.3. The number of anilines is 3. The molecule has 0 radical (unpaired) electrons. The summed E-state index contributed by atoms with van der Waals surface area (Å²) in [5.74, 6) is -0.706. The number of aromatic amines is 2. The van der Waals surface area contributed by atoms with Gasteiger partial charge in [0.2, 0.25) is 17.7 Å². The molecular formula is C33H48N15O24P4+. The molecule has 6 aromatic rings. The Morgan fingerprint density at radius 2 is 1.37 bits per heavy atom. The number of hydrogen-bond donors (Lipinski definition) is 13. The van der Waals surface area contributed by atoms with Crippen LogP contribution in [-0.2, 0) is 71.0 Å². The number of nitrogen functional groups attached to an aromatic ring is 3. The smallest absolute Gasteiger partial charge is 0.394 e. The van der Waals surface area contributed by atoms with E-state index in [0.29, 0.717) is 0 Å². The fourth-order valence-electron chi connectivity index (χ4n) is 7.90. The number of fused-ring (bicyclic) bond motifs is 3. The minimum Gasteiger partial charge on any atom is -0.394 e. The van der Waals surface area contributed by atoms with Crippen LogP contribution in [0.5, 0.6) is 0 Å². The van der Waals surface area contributed by atoms with E-state index in [9.17, 15) is 67.8 Å². The molecule has 43 heteroatoms. The van der Waals surface area contributed by atoms with Crippen LogP contribution in [0.2, 0.25) is 0 Å². The minimum absolute atomic E-state index is 0.0132. The van der Waals surface area contributed by atoms with Crippen molar-refractivity contribution < 1.29 is 108 Å². The number of nitrogens with zero attached hydrogens (tertiary/aromatic N) is 10. The lowest BCUT2D eigenvalue weighted by Gasteiger charge is -2.27. The standard InChI is InChI=1S/C33H47N15O24P4/c1-3-63-23-22(70-73(55,56)65-7-14-20(51)21(52)30(68-14)47-11-40-18-26(47)41-32(35)43-28(18)53)15(69-31(23)46-10-39-17-24(34)37-9-38-25(17)46)8-66-75(59,60)72-76(61,62)71-74(57,58)64-6-13(4-49)67-16(5-50)48-12-45(2)19-27(48)42-33(36)44-29(19)54/h9-16,20-23,30-31,49-52H,3-8H2,1-2H3,(H11-,34,35,36,37,38,41,42,43,44,53,54,55,56,57,58,59,60,61,62)/p+1/t13-,14+,15+,16+,20-,21?,22-,23?,30+,31+/m0/s1. The zero-order valence-electron chi connectivity index (χ0n) is 38.9. The first kappa shape index (κ1) is 57.0. The summed E-state index contributed by atoms with van der Waals surface area (Å²) in [6, 6.07) is 0. The molecule has 2 fully saturated rings. The maximum Gasteiger partial charge on any atom is 0.490 e. The maximum absolute atomic E-state index is 13.8. The van der Waals surface area contributed by atoms with E-state index in [1.54, 1.807) is 0 Å². The normalized spacial score (nSPS) is 26.1. The number of phosphoric ester groups is 3. The van der Waals surface area contributed by atoms with Crippen LogP contribution in [0.3, 0.4) is 0 Å². The quantitative estimate of drug-likeness (QED) is 0.0202. The zero-order valence-corrected chi connectivity index (χ0v) is 42.5. The molecule has 16 N–H and O–H groups in total. The zero-order chi connectivity index (χ0) is 55.2. The van der Waals surface area contributed by atoms with Crippen LogP contribution in [0, 0.1) is 0 Å². The fraction of sp³-hybridized carbons (Fsp3) is 0.545. The predicted molar refractivity (Wildman–Crippen MR) is 246 cm³/mol. The summed E-state index contributed by atoms with van der Waals surface area (Å²) in [5, 5.41) is 41.8. The Kier molecular flexibility index (Phi) is 16.7. The number of aliphatic hydroxyl groups excluding tert-OH is 4. The predicted octanol–water partition coefficient (Wildman–Crippen LogP) is -4.07. The number of phosphoric acid groups is 4. The third-order valence-corrected chi connectivity index (χ3v) is 16.3. The van der Waals surface area contributed by atoms with Crippen molar-refractivity contribution in [3.63, 3.8) is 0 Å². The molecule has 76 heavy (non-hydrogen) atoms. The van der Waals surface area contributed by atoms with Crippen LogP contribution in [0.4, 0.5) is 17.7 Å². The Morgan fingerprint density at radius 1 is 0.750 bits per heavy atom. The SMILES string of the molecule is CCOC1[C@@H](OP(=O)(O)OC[C@H]2O[C@@H](n3cnc4c(=O)[nH]c(N)nc43)C(O)[C@H]2O)[C@@H](COP(=O)(O)OP(=O)(O)OP(=O)(O)OC[C@H](CO)O[C@H](CO)[n+]2cn(C)c3c(=O)[nH]c(N)nc32)O[C@H]1n1cnc2c(N)ncnc21. The molecule has 0 aliphatic carbocycles. The van der Waals surface area contributed by atoms with Gasteiger partial charge in [0.1, 0.15) is 61.2 Å². The van der Waals surface area contributed by atoms with E-state index >= 15 is 0 Å².